The van der Waals surface area contributed by atoms with E-state index < -0.39 is 5.97 Å². The van der Waals surface area contributed by atoms with Gasteiger partial charge >= 0.3 is 5.97 Å². The summed E-state index contributed by atoms with van der Waals surface area (Å²) in [5.74, 6) is 0.412. The number of nitrogens with zero attached hydrogens (tertiary/aromatic N) is 2. The Bertz CT molecular complexity index is 657. The fourth-order valence-corrected chi connectivity index (χ4v) is 2.05. The predicted molar refractivity (Wildman–Crippen MR) is 78.2 cm³/mol. The number of nitrogens with one attached hydrogen (secondary N) is 1. The minimum absolute atomic E-state index is 0.257. The van der Waals surface area contributed by atoms with Crippen molar-refractivity contribution in [2.75, 3.05) is 17.7 Å². The van der Waals surface area contributed by atoms with Gasteiger partial charge in [0.05, 0.1) is 29.4 Å². The fraction of sp³-hybridized carbons (Fsp3) is 0.308. The van der Waals surface area contributed by atoms with Gasteiger partial charge in [0, 0.05) is 12.6 Å². The molecule has 0 aliphatic rings. The van der Waals surface area contributed by atoms with E-state index in [1.807, 2.05) is 0 Å². The molecule has 3 N–H and O–H groups in total. The van der Waals surface area contributed by atoms with Crippen LogP contribution >= 0.6 is 11.6 Å². The monoisotopic (exact) mass is 310 g/mol. The van der Waals surface area contributed by atoms with Crippen LogP contribution in [0.1, 0.15) is 29.0 Å². The molecule has 21 heavy (non-hydrogen) atoms. The van der Waals surface area contributed by atoms with Crippen LogP contribution in [0.25, 0.3) is 0 Å². The van der Waals surface area contributed by atoms with Gasteiger partial charge in [-0.3, -0.25) is 0 Å². The number of hydrogen-bond donors (Lipinski definition) is 2. The minimum Gasteiger partial charge on any atom is -0.462 e. The van der Waals surface area contributed by atoms with Gasteiger partial charge in [0.1, 0.15) is 0 Å². The first kappa shape index (κ1) is 15.1. The first-order valence-corrected chi connectivity index (χ1v) is 6.68. The first-order valence-electron chi connectivity index (χ1n) is 6.30. The van der Waals surface area contributed by atoms with E-state index in [1.165, 1.54) is 6.07 Å². The number of nitrogens with two attached hydrogens (primary N) is 1. The Labute approximate surface area is 126 Å². The highest BCUT2D eigenvalue weighted by Gasteiger charge is 2.17. The molecule has 8 heteroatoms. The molecule has 0 radical (unpaired) electrons. The third-order valence-corrected chi connectivity index (χ3v) is 2.90. The minimum atomic E-state index is -0.501. The van der Waals surface area contributed by atoms with Gasteiger partial charge in [-0.1, -0.05) is 16.8 Å². The van der Waals surface area contributed by atoms with Crippen LogP contribution in [0.5, 0.6) is 0 Å². The van der Waals surface area contributed by atoms with Crippen molar-refractivity contribution in [1.82, 2.24) is 10.1 Å². The maximum Gasteiger partial charge on any atom is 0.340 e. The third-order valence-electron chi connectivity index (χ3n) is 2.60. The highest BCUT2D eigenvalue weighted by Crippen LogP contribution is 2.30. The molecule has 0 atom stereocenters. The average molecular weight is 311 g/mol. The number of ether oxygens (including phenoxy) is 1. The zero-order chi connectivity index (χ0) is 15.4. The number of hydrogen-bond acceptors (Lipinski definition) is 7. The SMILES string of the molecule is CCOC(=O)c1cc(N)cc(Cl)c1NCc1noc(C)n1. The van der Waals surface area contributed by atoms with Crippen molar-refractivity contribution in [3.05, 3.63) is 34.4 Å². The molecule has 0 spiro atoms. The smallest absolute Gasteiger partial charge is 0.340 e. The van der Waals surface area contributed by atoms with Crippen LogP contribution in [0.3, 0.4) is 0 Å². The molecule has 2 rings (SSSR count). The van der Waals surface area contributed by atoms with E-state index in [-0.39, 0.29) is 18.7 Å². The summed E-state index contributed by atoms with van der Waals surface area (Å²) in [5, 5.41) is 7.08. The van der Waals surface area contributed by atoms with E-state index in [4.69, 9.17) is 26.6 Å². The standard InChI is InChI=1S/C13H15ClN4O3/c1-3-20-13(19)9-4-8(15)5-10(14)12(9)16-6-11-17-7(2)21-18-11/h4-5,16H,3,6,15H2,1-2H3. The van der Waals surface area contributed by atoms with Crippen molar-refractivity contribution in [2.45, 2.75) is 20.4 Å². The number of nitrogen functional groups attached to an aromatic ring is 1. The molecule has 112 valence electrons. The number of anilines is 2. The highest BCUT2D eigenvalue weighted by molar-refractivity contribution is 6.34. The molecule has 1 aromatic heterocycles. The van der Waals surface area contributed by atoms with Crippen molar-refractivity contribution in [1.29, 1.82) is 0 Å². The number of esters is 1. The summed E-state index contributed by atoms with van der Waals surface area (Å²) in [5.41, 5.74) is 6.78. The van der Waals surface area contributed by atoms with E-state index in [0.717, 1.165) is 0 Å². The summed E-state index contributed by atoms with van der Waals surface area (Å²) >= 11 is 6.14. The lowest BCUT2D eigenvalue weighted by Crippen LogP contribution is -2.11. The van der Waals surface area contributed by atoms with Gasteiger partial charge in [0.25, 0.3) is 0 Å². The van der Waals surface area contributed by atoms with Crippen LogP contribution in [0, 0.1) is 6.92 Å². The molecular formula is C13H15ClN4O3. The van der Waals surface area contributed by atoms with Crippen LogP contribution < -0.4 is 11.1 Å². The van der Waals surface area contributed by atoms with Gasteiger partial charge in [-0.05, 0) is 19.1 Å². The third kappa shape index (κ3) is 3.63. The molecule has 0 aliphatic carbocycles. The van der Waals surface area contributed by atoms with Gasteiger partial charge in [0.2, 0.25) is 5.89 Å². The summed E-state index contributed by atoms with van der Waals surface area (Å²) in [6.07, 6.45) is 0. The zero-order valence-electron chi connectivity index (χ0n) is 11.6. The van der Waals surface area contributed by atoms with E-state index in [9.17, 15) is 4.79 Å². The summed E-state index contributed by atoms with van der Waals surface area (Å²) in [4.78, 5) is 16.0. The maximum absolute atomic E-state index is 12.0. The number of aromatic nitrogens is 2. The molecule has 1 heterocycles. The summed E-state index contributed by atoms with van der Waals surface area (Å²) in [6.45, 7) is 3.93. The van der Waals surface area contributed by atoms with Gasteiger partial charge in [-0.2, -0.15) is 4.98 Å². The average Bonchev–Trinajstić information content (AvgIpc) is 2.83. The molecule has 1 aromatic carbocycles. The second-order valence-electron chi connectivity index (χ2n) is 4.23. The molecule has 2 aromatic rings. The van der Waals surface area contributed by atoms with Crippen LogP contribution in [0.15, 0.2) is 16.7 Å². The molecule has 0 amide bonds. The Kier molecular flexibility index (Phi) is 4.64. The Balaban J connectivity index is 2.26. The molecule has 0 aliphatic heterocycles. The summed E-state index contributed by atoms with van der Waals surface area (Å²) in [6, 6.07) is 3.06. The molecule has 0 bridgehead atoms. The second-order valence-corrected chi connectivity index (χ2v) is 4.64. The second kappa shape index (κ2) is 6.45. The quantitative estimate of drug-likeness (QED) is 0.645. The molecule has 0 unspecified atom stereocenters. The van der Waals surface area contributed by atoms with Crippen LogP contribution in [-0.4, -0.2) is 22.7 Å². The highest BCUT2D eigenvalue weighted by atomic mass is 35.5. The fourth-order valence-electron chi connectivity index (χ4n) is 1.76. The molecule has 0 saturated heterocycles. The van der Waals surface area contributed by atoms with Crippen molar-refractivity contribution >= 4 is 28.9 Å². The molecule has 0 fully saturated rings. The number of halogens is 1. The van der Waals surface area contributed by atoms with Gasteiger partial charge < -0.3 is 20.3 Å². The van der Waals surface area contributed by atoms with Crippen LogP contribution in [0.2, 0.25) is 5.02 Å². The number of carbonyl (C=O) groups is 1. The predicted octanol–water partition coefficient (Wildman–Crippen LogP) is 2.40. The Morgan fingerprint density at radius 3 is 2.90 bits per heavy atom. The zero-order valence-corrected chi connectivity index (χ0v) is 12.4. The van der Waals surface area contributed by atoms with E-state index in [1.54, 1.807) is 19.9 Å². The Morgan fingerprint density at radius 2 is 2.29 bits per heavy atom. The topological polar surface area (TPSA) is 103 Å². The Morgan fingerprint density at radius 1 is 1.52 bits per heavy atom. The van der Waals surface area contributed by atoms with E-state index >= 15 is 0 Å². The van der Waals surface area contributed by atoms with Crippen molar-refractivity contribution in [2.24, 2.45) is 0 Å². The van der Waals surface area contributed by atoms with Crippen molar-refractivity contribution < 1.29 is 14.1 Å². The molecular weight excluding hydrogens is 296 g/mol. The maximum atomic E-state index is 12.0. The largest absolute Gasteiger partial charge is 0.462 e. The summed E-state index contributed by atoms with van der Waals surface area (Å²) < 4.78 is 9.86. The Hall–Kier alpha value is -2.28. The van der Waals surface area contributed by atoms with Crippen LogP contribution in [0.4, 0.5) is 11.4 Å². The lowest BCUT2D eigenvalue weighted by Gasteiger charge is -2.13. The number of rotatable bonds is 5. The molecule has 7 nitrogen and oxygen atoms in total. The van der Waals surface area contributed by atoms with Gasteiger partial charge in [-0.15, -0.1) is 0 Å². The normalized spacial score (nSPS) is 10.4. The van der Waals surface area contributed by atoms with Crippen LogP contribution in [-0.2, 0) is 11.3 Å². The van der Waals surface area contributed by atoms with E-state index in [2.05, 4.69) is 15.5 Å². The van der Waals surface area contributed by atoms with Gasteiger partial charge in [-0.25, -0.2) is 4.79 Å². The number of benzene rings is 1. The lowest BCUT2D eigenvalue weighted by molar-refractivity contribution is 0.0527. The molecule has 0 saturated carbocycles. The first-order chi connectivity index (χ1) is 10.0. The van der Waals surface area contributed by atoms with Crippen molar-refractivity contribution in [3.8, 4) is 0 Å². The number of carbonyl (C=O) groups excluding carboxylic acids is 1. The van der Waals surface area contributed by atoms with Gasteiger partial charge in [0.15, 0.2) is 5.82 Å². The number of aryl methyl sites for hydroxylation is 1. The van der Waals surface area contributed by atoms with Crippen molar-refractivity contribution in [3.63, 3.8) is 0 Å². The lowest BCUT2D eigenvalue weighted by atomic mass is 10.1. The summed E-state index contributed by atoms with van der Waals surface area (Å²) in [7, 11) is 0. The van der Waals surface area contributed by atoms with E-state index in [0.29, 0.717) is 28.1 Å².